The van der Waals surface area contributed by atoms with Crippen LogP contribution in [0.25, 0.3) is 0 Å². The van der Waals surface area contributed by atoms with Crippen LogP contribution < -0.4 is 11.1 Å². The third-order valence-electron chi connectivity index (χ3n) is 2.50. The Balaban J connectivity index is 2.70. The van der Waals surface area contributed by atoms with Gasteiger partial charge in [-0.2, -0.15) is 0 Å². The molecule has 1 unspecified atom stereocenters. The van der Waals surface area contributed by atoms with Crippen molar-refractivity contribution in [2.45, 2.75) is 20.0 Å². The van der Waals surface area contributed by atoms with Gasteiger partial charge in [-0.25, -0.2) is 4.79 Å². The molecular weight excluding hydrogens is 232 g/mol. The molecular formula is C13H20N2O3. The van der Waals surface area contributed by atoms with Gasteiger partial charge >= 0.3 is 5.97 Å². The van der Waals surface area contributed by atoms with E-state index in [0.717, 1.165) is 5.69 Å². The number of methoxy groups -OCH3 is 1. The maximum atomic E-state index is 11.5. The number of hydrogen-bond donors (Lipinski definition) is 2. The van der Waals surface area contributed by atoms with E-state index in [9.17, 15) is 4.79 Å². The highest BCUT2D eigenvalue weighted by atomic mass is 16.5. The Hall–Kier alpha value is -1.75. The highest BCUT2D eigenvalue weighted by molar-refractivity contribution is 5.96. The molecule has 0 aliphatic carbocycles. The molecule has 1 aromatic rings. The molecule has 100 valence electrons. The first-order chi connectivity index (χ1) is 8.58. The summed E-state index contributed by atoms with van der Waals surface area (Å²) in [6.45, 7) is 5.28. The molecule has 1 atom stereocenters. The number of carbonyl (C=O) groups is 1. The van der Waals surface area contributed by atoms with Crippen molar-refractivity contribution >= 4 is 17.3 Å². The normalized spacial score (nSPS) is 11.9. The number of hydrogen-bond acceptors (Lipinski definition) is 5. The summed E-state index contributed by atoms with van der Waals surface area (Å²) in [5, 5.41) is 3.19. The predicted molar refractivity (Wildman–Crippen MR) is 71.8 cm³/mol. The molecule has 0 radical (unpaired) electrons. The molecule has 18 heavy (non-hydrogen) atoms. The van der Waals surface area contributed by atoms with Crippen molar-refractivity contribution in [3.63, 3.8) is 0 Å². The number of benzene rings is 1. The SMILES string of the molecule is CCOC(C)CNc1ccc(N)c(C(=O)OC)c1. The molecule has 0 aliphatic rings. The van der Waals surface area contributed by atoms with E-state index in [2.05, 4.69) is 10.1 Å². The van der Waals surface area contributed by atoms with Crippen LogP contribution in [0.3, 0.4) is 0 Å². The third-order valence-corrected chi connectivity index (χ3v) is 2.50. The molecule has 0 fully saturated rings. The Kier molecular flexibility index (Phi) is 5.45. The standard InChI is InChI=1S/C13H20N2O3/c1-4-18-9(2)8-15-10-5-6-12(14)11(7-10)13(16)17-3/h5-7,9,15H,4,8,14H2,1-3H3. The summed E-state index contributed by atoms with van der Waals surface area (Å²) < 4.78 is 10.1. The van der Waals surface area contributed by atoms with Crippen LogP contribution in [0.4, 0.5) is 11.4 Å². The molecule has 5 nitrogen and oxygen atoms in total. The number of ether oxygens (including phenoxy) is 2. The summed E-state index contributed by atoms with van der Waals surface area (Å²) in [7, 11) is 1.33. The fraction of sp³-hybridized carbons (Fsp3) is 0.462. The Morgan fingerprint density at radius 1 is 1.50 bits per heavy atom. The molecule has 3 N–H and O–H groups in total. The molecule has 0 aromatic heterocycles. The zero-order valence-corrected chi connectivity index (χ0v) is 11.0. The smallest absolute Gasteiger partial charge is 0.340 e. The van der Waals surface area contributed by atoms with Crippen LogP contribution in [0, 0.1) is 0 Å². The lowest BCUT2D eigenvalue weighted by Crippen LogP contribution is -2.20. The fourth-order valence-electron chi connectivity index (χ4n) is 1.56. The first kappa shape index (κ1) is 14.3. The lowest BCUT2D eigenvalue weighted by molar-refractivity contribution is 0.0602. The highest BCUT2D eigenvalue weighted by Crippen LogP contribution is 2.18. The summed E-state index contributed by atoms with van der Waals surface area (Å²) in [6, 6.07) is 5.18. The van der Waals surface area contributed by atoms with Crippen LogP contribution in [-0.4, -0.2) is 32.3 Å². The van der Waals surface area contributed by atoms with Crippen molar-refractivity contribution in [3.8, 4) is 0 Å². The highest BCUT2D eigenvalue weighted by Gasteiger charge is 2.10. The van der Waals surface area contributed by atoms with Gasteiger partial charge in [-0.1, -0.05) is 0 Å². The molecule has 1 rings (SSSR count). The lowest BCUT2D eigenvalue weighted by atomic mass is 10.1. The number of nitrogens with one attached hydrogen (secondary N) is 1. The van der Waals surface area contributed by atoms with Crippen LogP contribution in [0.1, 0.15) is 24.2 Å². The van der Waals surface area contributed by atoms with E-state index in [1.165, 1.54) is 7.11 Å². The molecule has 1 aromatic carbocycles. The van der Waals surface area contributed by atoms with Crippen LogP contribution in [-0.2, 0) is 9.47 Å². The van der Waals surface area contributed by atoms with Gasteiger partial charge in [0.25, 0.3) is 0 Å². The number of nitrogens with two attached hydrogens (primary N) is 1. The monoisotopic (exact) mass is 252 g/mol. The van der Waals surface area contributed by atoms with Crippen LogP contribution in [0.5, 0.6) is 0 Å². The number of rotatable bonds is 6. The maximum Gasteiger partial charge on any atom is 0.340 e. The van der Waals surface area contributed by atoms with Crippen LogP contribution in [0.2, 0.25) is 0 Å². The Bertz CT molecular complexity index is 407. The van der Waals surface area contributed by atoms with Crippen LogP contribution in [0.15, 0.2) is 18.2 Å². The van der Waals surface area contributed by atoms with Crippen molar-refractivity contribution in [1.82, 2.24) is 0 Å². The molecule has 0 aliphatic heterocycles. The second-order valence-corrected chi connectivity index (χ2v) is 3.94. The average Bonchev–Trinajstić information content (AvgIpc) is 2.37. The summed E-state index contributed by atoms with van der Waals surface area (Å²) in [5.74, 6) is -0.436. The van der Waals surface area contributed by atoms with E-state index >= 15 is 0 Å². The minimum atomic E-state index is -0.436. The van der Waals surface area contributed by atoms with Crippen molar-refractivity contribution in [3.05, 3.63) is 23.8 Å². The first-order valence-electron chi connectivity index (χ1n) is 5.91. The summed E-state index contributed by atoms with van der Waals surface area (Å²) in [6.07, 6.45) is 0.106. The molecule has 0 amide bonds. The number of anilines is 2. The fourth-order valence-corrected chi connectivity index (χ4v) is 1.56. The van der Waals surface area contributed by atoms with Gasteiger partial charge in [0.05, 0.1) is 18.8 Å². The molecule has 0 bridgehead atoms. The van der Waals surface area contributed by atoms with Gasteiger partial charge in [-0.15, -0.1) is 0 Å². The summed E-state index contributed by atoms with van der Waals surface area (Å²) in [5.41, 5.74) is 7.31. The quantitative estimate of drug-likeness (QED) is 0.597. The van der Waals surface area contributed by atoms with E-state index in [4.69, 9.17) is 10.5 Å². The van der Waals surface area contributed by atoms with Gasteiger partial charge in [-0.3, -0.25) is 0 Å². The van der Waals surface area contributed by atoms with E-state index in [-0.39, 0.29) is 6.10 Å². The first-order valence-corrected chi connectivity index (χ1v) is 5.91. The largest absolute Gasteiger partial charge is 0.465 e. The number of carbonyl (C=O) groups excluding carboxylic acids is 1. The topological polar surface area (TPSA) is 73.6 Å². The lowest BCUT2D eigenvalue weighted by Gasteiger charge is -2.14. The van der Waals surface area contributed by atoms with Gasteiger partial charge in [0.1, 0.15) is 0 Å². The maximum absolute atomic E-state index is 11.5. The van der Waals surface area contributed by atoms with Gasteiger partial charge in [0, 0.05) is 24.5 Å². The Morgan fingerprint density at radius 3 is 2.83 bits per heavy atom. The van der Waals surface area contributed by atoms with E-state index in [1.807, 2.05) is 19.9 Å². The third kappa shape index (κ3) is 3.92. The van der Waals surface area contributed by atoms with Gasteiger partial charge in [0.2, 0.25) is 0 Å². The zero-order chi connectivity index (χ0) is 13.5. The van der Waals surface area contributed by atoms with E-state index < -0.39 is 5.97 Å². The van der Waals surface area contributed by atoms with Crippen molar-refractivity contribution < 1.29 is 14.3 Å². The molecule has 0 saturated heterocycles. The van der Waals surface area contributed by atoms with Gasteiger partial charge in [0.15, 0.2) is 0 Å². The Labute approximate surface area is 107 Å². The zero-order valence-electron chi connectivity index (χ0n) is 11.0. The van der Waals surface area contributed by atoms with Gasteiger partial charge in [-0.05, 0) is 32.0 Å². The van der Waals surface area contributed by atoms with Crippen molar-refractivity contribution in [2.75, 3.05) is 31.3 Å². The summed E-state index contributed by atoms with van der Waals surface area (Å²) in [4.78, 5) is 11.5. The minimum Gasteiger partial charge on any atom is -0.465 e. The van der Waals surface area contributed by atoms with Crippen LogP contribution >= 0.6 is 0 Å². The molecule has 5 heteroatoms. The molecule has 0 spiro atoms. The van der Waals surface area contributed by atoms with E-state index in [0.29, 0.717) is 24.4 Å². The molecule has 0 saturated carbocycles. The average molecular weight is 252 g/mol. The predicted octanol–water partition coefficient (Wildman–Crippen LogP) is 1.89. The second kappa shape index (κ2) is 6.86. The number of esters is 1. The van der Waals surface area contributed by atoms with E-state index in [1.54, 1.807) is 12.1 Å². The van der Waals surface area contributed by atoms with Gasteiger partial charge < -0.3 is 20.5 Å². The second-order valence-electron chi connectivity index (χ2n) is 3.94. The van der Waals surface area contributed by atoms with Crippen molar-refractivity contribution in [2.24, 2.45) is 0 Å². The minimum absolute atomic E-state index is 0.106. The Morgan fingerprint density at radius 2 is 2.22 bits per heavy atom. The number of nitrogen functional groups attached to an aromatic ring is 1. The molecule has 0 heterocycles. The van der Waals surface area contributed by atoms with Crippen molar-refractivity contribution in [1.29, 1.82) is 0 Å². The summed E-state index contributed by atoms with van der Waals surface area (Å²) >= 11 is 0.